The summed E-state index contributed by atoms with van der Waals surface area (Å²) in [5, 5.41) is 5.40. The lowest BCUT2D eigenvalue weighted by Crippen LogP contribution is -2.06. The monoisotopic (exact) mass is 153 g/mol. The van der Waals surface area contributed by atoms with Gasteiger partial charge in [0, 0.05) is 0 Å². The zero-order valence-corrected chi connectivity index (χ0v) is 7.02. The van der Waals surface area contributed by atoms with Gasteiger partial charge in [0.1, 0.15) is 0 Å². The van der Waals surface area contributed by atoms with Gasteiger partial charge in [0.05, 0.1) is 0 Å². The van der Waals surface area contributed by atoms with Crippen molar-refractivity contribution in [1.82, 2.24) is 0 Å². The molecule has 2 heteroatoms. The molecule has 1 N–H and O–H groups in total. The van der Waals surface area contributed by atoms with Crippen LogP contribution in [0.3, 0.4) is 0 Å². The molecule has 0 aliphatic heterocycles. The molecule has 2 rings (SSSR count). The largest absolute Gasteiger partial charge is 0.231 e. The predicted molar refractivity (Wildman–Crippen MR) is 43.1 cm³/mol. The van der Waals surface area contributed by atoms with Gasteiger partial charge in [0.2, 0.25) is 6.08 Å². The molecular formula is C9H15NO. The molecule has 0 radical (unpaired) electrons. The fourth-order valence-electron chi connectivity index (χ4n) is 2.48. The molecule has 2 nitrogen and oxygen atoms in total. The van der Waals surface area contributed by atoms with E-state index >= 15 is 0 Å². The first kappa shape index (κ1) is 8.48. The average Bonchev–Trinajstić information content (AvgIpc) is 2.46. The third-order valence-corrected chi connectivity index (χ3v) is 3.09. The summed E-state index contributed by atoms with van der Waals surface area (Å²) in [7, 11) is 0. The summed E-state index contributed by atoms with van der Waals surface area (Å²) in [5.41, 5.74) is 0.810. The maximum Gasteiger partial charge on any atom is 0.231 e. The van der Waals surface area contributed by atoms with Crippen molar-refractivity contribution in [2.75, 3.05) is 0 Å². The molecule has 62 valence electrons. The summed E-state index contributed by atoms with van der Waals surface area (Å²) in [6.45, 7) is 2.46. The average molecular weight is 153 g/mol. The van der Waals surface area contributed by atoms with Crippen LogP contribution >= 0.6 is 0 Å². The molecule has 0 spiro atoms. The summed E-state index contributed by atoms with van der Waals surface area (Å²) in [6, 6.07) is 0. The minimum Gasteiger partial charge on any atom is -0.222 e. The minimum absolute atomic E-state index is 0.750. The number of carbonyl (C=O) groups excluding carboxylic acids is 1. The van der Waals surface area contributed by atoms with Gasteiger partial charge in [-0.1, -0.05) is 6.92 Å². The minimum atomic E-state index is 0.750. The van der Waals surface area contributed by atoms with Crippen molar-refractivity contribution in [3.8, 4) is 0 Å². The Morgan fingerprint density at radius 2 is 1.91 bits per heavy atom. The molecule has 0 aromatic carbocycles. The topological polar surface area (TPSA) is 40.9 Å². The molecule has 2 bridgehead atoms. The van der Waals surface area contributed by atoms with Gasteiger partial charge in [-0.25, -0.2) is 10.2 Å². The van der Waals surface area contributed by atoms with E-state index in [0.29, 0.717) is 0 Å². The van der Waals surface area contributed by atoms with Crippen LogP contribution in [-0.4, -0.2) is 6.08 Å². The molecule has 2 aliphatic carbocycles. The van der Waals surface area contributed by atoms with Crippen LogP contribution in [0.25, 0.3) is 0 Å². The lowest BCUT2D eigenvalue weighted by molar-refractivity contribution is 0.332. The van der Waals surface area contributed by atoms with Crippen LogP contribution < -0.4 is 0 Å². The highest BCUT2D eigenvalue weighted by atomic mass is 16.1. The number of hydrogen-bond donors (Lipinski definition) is 1. The first-order valence-corrected chi connectivity index (χ1v) is 4.24. The van der Waals surface area contributed by atoms with Crippen molar-refractivity contribution in [1.29, 1.82) is 5.41 Å². The van der Waals surface area contributed by atoms with E-state index in [2.05, 4.69) is 6.92 Å². The van der Waals surface area contributed by atoms with Crippen molar-refractivity contribution in [3.05, 3.63) is 0 Å². The SMILES string of the molecule is CC12CCC(CC1)C2.N=C=O. The van der Waals surface area contributed by atoms with Gasteiger partial charge >= 0.3 is 0 Å². The summed E-state index contributed by atoms with van der Waals surface area (Å²) >= 11 is 0. The first-order valence-electron chi connectivity index (χ1n) is 4.24. The quantitative estimate of drug-likeness (QED) is 0.421. The van der Waals surface area contributed by atoms with Crippen molar-refractivity contribution in [2.24, 2.45) is 11.3 Å². The number of isocyanates is 1. The van der Waals surface area contributed by atoms with E-state index in [9.17, 15) is 0 Å². The zero-order chi connectivity index (χ0) is 8.32. The standard InChI is InChI=1S/C8H14.CHNO/c1-8-4-2-7(6-8)3-5-8;2-1-3/h7H,2-6H2,1H3;2H. The number of fused-ring (bicyclic) bond motifs is 2. The second-order valence-electron chi connectivity index (χ2n) is 4.06. The van der Waals surface area contributed by atoms with E-state index in [1.54, 1.807) is 6.42 Å². The molecular weight excluding hydrogens is 138 g/mol. The normalized spacial score (nSPS) is 39.2. The second kappa shape index (κ2) is 3.19. The Hall–Kier alpha value is -0.620. The van der Waals surface area contributed by atoms with Gasteiger partial charge < -0.3 is 0 Å². The van der Waals surface area contributed by atoms with Gasteiger partial charge in [-0.3, -0.25) is 0 Å². The van der Waals surface area contributed by atoms with E-state index in [1.165, 1.54) is 25.7 Å². The van der Waals surface area contributed by atoms with Crippen LogP contribution in [0.1, 0.15) is 39.0 Å². The Balaban J connectivity index is 0.000000179. The van der Waals surface area contributed by atoms with E-state index in [1.807, 2.05) is 0 Å². The molecule has 0 amide bonds. The highest BCUT2D eigenvalue weighted by molar-refractivity contribution is 5.26. The second-order valence-corrected chi connectivity index (χ2v) is 4.06. The highest BCUT2D eigenvalue weighted by Crippen LogP contribution is 2.53. The molecule has 11 heavy (non-hydrogen) atoms. The summed E-state index contributed by atoms with van der Waals surface area (Å²) in [6.07, 6.45) is 8.43. The van der Waals surface area contributed by atoms with Crippen LogP contribution in [0.4, 0.5) is 0 Å². The summed E-state index contributed by atoms with van der Waals surface area (Å²) in [4.78, 5) is 8.35. The van der Waals surface area contributed by atoms with Crippen molar-refractivity contribution < 1.29 is 4.79 Å². The number of rotatable bonds is 0. The number of nitrogens with one attached hydrogen (secondary N) is 1. The molecule has 0 unspecified atom stereocenters. The Kier molecular flexibility index (Phi) is 2.45. The Labute approximate surface area is 67.5 Å². The van der Waals surface area contributed by atoms with Crippen LogP contribution in [0.2, 0.25) is 0 Å². The molecule has 0 heterocycles. The van der Waals surface area contributed by atoms with E-state index in [-0.39, 0.29) is 0 Å². The molecule has 0 saturated heterocycles. The fourth-order valence-corrected chi connectivity index (χ4v) is 2.48. The Morgan fingerprint density at radius 3 is 2.00 bits per heavy atom. The van der Waals surface area contributed by atoms with Crippen LogP contribution in [0, 0.1) is 16.7 Å². The number of hydrogen-bond acceptors (Lipinski definition) is 2. The van der Waals surface area contributed by atoms with E-state index < -0.39 is 0 Å². The molecule has 2 fully saturated rings. The van der Waals surface area contributed by atoms with Gasteiger partial charge in [-0.15, -0.1) is 0 Å². The lowest BCUT2D eigenvalue weighted by atomic mass is 9.87. The Morgan fingerprint density at radius 1 is 1.45 bits per heavy atom. The van der Waals surface area contributed by atoms with E-state index in [0.717, 1.165) is 17.4 Å². The van der Waals surface area contributed by atoms with Gasteiger partial charge in [0.15, 0.2) is 0 Å². The molecule has 0 aromatic rings. The van der Waals surface area contributed by atoms with Crippen LogP contribution in [-0.2, 0) is 4.79 Å². The predicted octanol–water partition coefficient (Wildman–Crippen LogP) is 2.49. The molecule has 2 saturated carbocycles. The third kappa shape index (κ3) is 1.90. The van der Waals surface area contributed by atoms with Crippen LogP contribution in [0.15, 0.2) is 0 Å². The maximum atomic E-state index is 8.35. The first-order chi connectivity index (χ1) is 5.20. The molecule has 2 aliphatic rings. The van der Waals surface area contributed by atoms with Crippen molar-refractivity contribution in [3.63, 3.8) is 0 Å². The van der Waals surface area contributed by atoms with E-state index in [4.69, 9.17) is 10.2 Å². The molecule has 0 atom stereocenters. The molecule has 0 aromatic heterocycles. The summed E-state index contributed by atoms with van der Waals surface area (Å²) in [5.74, 6) is 1.14. The smallest absolute Gasteiger partial charge is 0.222 e. The zero-order valence-electron chi connectivity index (χ0n) is 7.02. The third-order valence-electron chi connectivity index (χ3n) is 3.09. The fraction of sp³-hybridized carbons (Fsp3) is 0.889. The Bertz CT molecular complexity index is 162. The highest BCUT2D eigenvalue weighted by Gasteiger charge is 2.40. The van der Waals surface area contributed by atoms with Crippen molar-refractivity contribution >= 4 is 6.08 Å². The van der Waals surface area contributed by atoms with Crippen molar-refractivity contribution in [2.45, 2.75) is 39.0 Å². The summed E-state index contributed by atoms with van der Waals surface area (Å²) < 4.78 is 0. The van der Waals surface area contributed by atoms with Gasteiger partial charge in [-0.05, 0) is 43.4 Å². The maximum absolute atomic E-state index is 8.35. The van der Waals surface area contributed by atoms with Gasteiger partial charge in [0.25, 0.3) is 0 Å². The lowest BCUT2D eigenvalue weighted by Gasteiger charge is -2.18. The van der Waals surface area contributed by atoms with Crippen LogP contribution in [0.5, 0.6) is 0 Å². The van der Waals surface area contributed by atoms with Gasteiger partial charge in [-0.2, -0.15) is 0 Å².